The summed E-state index contributed by atoms with van der Waals surface area (Å²) >= 11 is 12.6. The van der Waals surface area contributed by atoms with E-state index in [1.165, 1.54) is 11.5 Å². The van der Waals surface area contributed by atoms with Gasteiger partial charge in [0.05, 0.1) is 14.5 Å². The van der Waals surface area contributed by atoms with Crippen LogP contribution in [-0.4, -0.2) is 26.7 Å². The first-order chi connectivity index (χ1) is 9.04. The lowest BCUT2D eigenvalue weighted by atomic mass is 10.1. The van der Waals surface area contributed by atoms with E-state index in [1.54, 1.807) is 0 Å². The van der Waals surface area contributed by atoms with Crippen LogP contribution in [0.1, 0.15) is 49.9 Å². The molecule has 1 aromatic heterocycles. The molecular formula is C13H18ClIN2S2. The van der Waals surface area contributed by atoms with Crippen molar-refractivity contribution < 1.29 is 0 Å². The summed E-state index contributed by atoms with van der Waals surface area (Å²) in [6.45, 7) is 6.56. The number of hydrogen-bond donors (Lipinski definition) is 0. The van der Waals surface area contributed by atoms with Crippen molar-refractivity contribution in [3.63, 3.8) is 0 Å². The van der Waals surface area contributed by atoms with Gasteiger partial charge in [0.15, 0.2) is 0 Å². The van der Waals surface area contributed by atoms with Gasteiger partial charge in [-0.25, -0.2) is 9.97 Å². The highest BCUT2D eigenvalue weighted by atomic mass is 127. The number of nitrogens with zero attached hydrogens (tertiary/aromatic N) is 2. The average Bonchev–Trinajstić information content (AvgIpc) is 2.41. The molecule has 2 atom stereocenters. The summed E-state index contributed by atoms with van der Waals surface area (Å²) in [4.78, 5) is 9.37. The Bertz CT molecular complexity index is 457. The van der Waals surface area contributed by atoms with Crippen molar-refractivity contribution in [3.05, 3.63) is 20.2 Å². The van der Waals surface area contributed by atoms with Crippen molar-refractivity contribution >= 4 is 57.7 Å². The summed E-state index contributed by atoms with van der Waals surface area (Å²) in [6, 6.07) is 0. The minimum Gasteiger partial charge on any atom is -0.235 e. The standard InChI is InChI=1S/C13H18ClIN2S2/c1-4-8-11(19-6-5-18-8)13-16-10(7(2)3)9(15)12(14)17-13/h7-8,11H,4-6H2,1-3H3. The van der Waals surface area contributed by atoms with Crippen LogP contribution in [-0.2, 0) is 0 Å². The molecule has 0 saturated carbocycles. The van der Waals surface area contributed by atoms with E-state index in [0.29, 0.717) is 21.6 Å². The van der Waals surface area contributed by atoms with E-state index >= 15 is 0 Å². The fraction of sp³-hybridized carbons (Fsp3) is 0.692. The topological polar surface area (TPSA) is 25.8 Å². The molecule has 0 N–H and O–H groups in total. The van der Waals surface area contributed by atoms with Crippen molar-refractivity contribution in [2.75, 3.05) is 11.5 Å². The van der Waals surface area contributed by atoms with Crippen molar-refractivity contribution in [1.29, 1.82) is 0 Å². The Morgan fingerprint density at radius 2 is 2.00 bits per heavy atom. The van der Waals surface area contributed by atoms with Crippen LogP contribution in [0.4, 0.5) is 0 Å². The Balaban J connectivity index is 2.38. The molecule has 0 radical (unpaired) electrons. The molecule has 2 rings (SSSR count). The minimum atomic E-state index is 0.382. The van der Waals surface area contributed by atoms with Gasteiger partial charge in [-0.1, -0.05) is 32.4 Å². The SMILES string of the molecule is CCC1SCCSC1c1nc(Cl)c(I)c(C(C)C)n1. The molecule has 0 aliphatic carbocycles. The maximum Gasteiger partial charge on any atom is 0.146 e. The first-order valence-corrected chi connectivity index (χ1v) is 10.1. The molecule has 0 aromatic carbocycles. The molecule has 1 aliphatic heterocycles. The fourth-order valence-electron chi connectivity index (χ4n) is 2.10. The van der Waals surface area contributed by atoms with E-state index in [9.17, 15) is 0 Å². The second-order valence-electron chi connectivity index (χ2n) is 4.84. The number of rotatable bonds is 3. The third-order valence-electron chi connectivity index (χ3n) is 3.11. The van der Waals surface area contributed by atoms with Gasteiger partial charge in [-0.2, -0.15) is 11.8 Å². The summed E-state index contributed by atoms with van der Waals surface area (Å²) in [5, 5.41) is 1.60. The summed E-state index contributed by atoms with van der Waals surface area (Å²) < 4.78 is 1.000. The van der Waals surface area contributed by atoms with E-state index in [1.807, 2.05) is 23.5 Å². The lowest BCUT2D eigenvalue weighted by Gasteiger charge is -2.29. The normalized spacial score (nSPS) is 23.9. The molecule has 2 nitrogen and oxygen atoms in total. The van der Waals surface area contributed by atoms with E-state index in [2.05, 4.69) is 48.3 Å². The second kappa shape index (κ2) is 7.18. The van der Waals surface area contributed by atoms with Crippen LogP contribution in [0.3, 0.4) is 0 Å². The first kappa shape index (κ1) is 16.2. The minimum absolute atomic E-state index is 0.382. The van der Waals surface area contributed by atoms with Crippen LogP contribution < -0.4 is 0 Å². The molecule has 0 amide bonds. The van der Waals surface area contributed by atoms with Gasteiger partial charge in [-0.15, -0.1) is 11.8 Å². The zero-order valence-electron chi connectivity index (χ0n) is 11.3. The quantitative estimate of drug-likeness (QED) is 0.491. The molecule has 19 heavy (non-hydrogen) atoms. The van der Waals surface area contributed by atoms with Crippen LogP contribution in [0.2, 0.25) is 5.15 Å². The van der Waals surface area contributed by atoms with E-state index in [0.717, 1.165) is 21.5 Å². The molecular weight excluding hydrogens is 411 g/mol. The van der Waals surface area contributed by atoms with Crippen LogP contribution in [0.15, 0.2) is 0 Å². The predicted molar refractivity (Wildman–Crippen MR) is 95.6 cm³/mol. The van der Waals surface area contributed by atoms with Gasteiger partial charge < -0.3 is 0 Å². The number of thioether (sulfide) groups is 2. The van der Waals surface area contributed by atoms with Crippen LogP contribution in [0.25, 0.3) is 0 Å². The molecule has 2 unspecified atom stereocenters. The fourth-order valence-corrected chi connectivity index (χ4v) is 6.14. The monoisotopic (exact) mass is 428 g/mol. The Hall–Kier alpha value is 0.800. The Labute approximate surface area is 142 Å². The third kappa shape index (κ3) is 3.71. The smallest absolute Gasteiger partial charge is 0.146 e. The van der Waals surface area contributed by atoms with Gasteiger partial charge in [0.1, 0.15) is 11.0 Å². The van der Waals surface area contributed by atoms with Crippen LogP contribution in [0, 0.1) is 3.57 Å². The zero-order chi connectivity index (χ0) is 14.0. The largest absolute Gasteiger partial charge is 0.235 e. The average molecular weight is 429 g/mol. The van der Waals surface area contributed by atoms with Crippen molar-refractivity contribution in [2.24, 2.45) is 0 Å². The summed E-state index contributed by atoms with van der Waals surface area (Å²) in [7, 11) is 0. The molecule has 1 fully saturated rings. The summed E-state index contributed by atoms with van der Waals surface area (Å²) in [5.41, 5.74) is 1.08. The molecule has 6 heteroatoms. The van der Waals surface area contributed by atoms with Gasteiger partial charge in [-0.05, 0) is 34.9 Å². The zero-order valence-corrected chi connectivity index (χ0v) is 15.9. The van der Waals surface area contributed by atoms with Gasteiger partial charge in [0.25, 0.3) is 0 Å². The second-order valence-corrected chi connectivity index (χ2v) is 8.87. The molecule has 0 bridgehead atoms. The Morgan fingerprint density at radius 3 is 2.63 bits per heavy atom. The predicted octanol–water partition coefficient (Wildman–Crippen LogP) is 5.16. The van der Waals surface area contributed by atoms with E-state index in [-0.39, 0.29) is 0 Å². The highest BCUT2D eigenvalue weighted by Gasteiger charge is 2.30. The molecule has 1 aromatic rings. The molecule has 1 saturated heterocycles. The van der Waals surface area contributed by atoms with Gasteiger partial charge in [0, 0.05) is 16.8 Å². The first-order valence-electron chi connectivity index (χ1n) is 6.50. The molecule has 0 spiro atoms. The van der Waals surface area contributed by atoms with Crippen molar-refractivity contribution in [3.8, 4) is 0 Å². The maximum atomic E-state index is 6.30. The number of aromatic nitrogens is 2. The summed E-state index contributed by atoms with van der Waals surface area (Å²) in [5.74, 6) is 3.72. The van der Waals surface area contributed by atoms with Gasteiger partial charge in [-0.3, -0.25) is 0 Å². The Kier molecular flexibility index (Phi) is 6.11. The lowest BCUT2D eigenvalue weighted by molar-refractivity contribution is 0.719. The highest BCUT2D eigenvalue weighted by Crippen LogP contribution is 2.43. The van der Waals surface area contributed by atoms with Crippen LogP contribution >= 0.6 is 57.7 Å². The van der Waals surface area contributed by atoms with Gasteiger partial charge in [0.2, 0.25) is 0 Å². The number of halogens is 2. The third-order valence-corrected chi connectivity index (χ3v) is 8.01. The number of hydrogen-bond acceptors (Lipinski definition) is 4. The van der Waals surface area contributed by atoms with Gasteiger partial charge >= 0.3 is 0 Å². The maximum absolute atomic E-state index is 6.30. The van der Waals surface area contributed by atoms with E-state index < -0.39 is 0 Å². The van der Waals surface area contributed by atoms with Crippen LogP contribution in [0.5, 0.6) is 0 Å². The molecule has 2 heterocycles. The summed E-state index contributed by atoms with van der Waals surface area (Å²) in [6.07, 6.45) is 1.16. The van der Waals surface area contributed by atoms with E-state index in [4.69, 9.17) is 16.6 Å². The van der Waals surface area contributed by atoms with Crippen molar-refractivity contribution in [2.45, 2.75) is 43.6 Å². The lowest BCUT2D eigenvalue weighted by Crippen LogP contribution is -2.21. The molecule has 106 valence electrons. The highest BCUT2D eigenvalue weighted by molar-refractivity contribution is 14.1. The molecule has 1 aliphatic rings. The Morgan fingerprint density at radius 1 is 1.32 bits per heavy atom. The van der Waals surface area contributed by atoms with Crippen molar-refractivity contribution in [1.82, 2.24) is 9.97 Å².